The molecule has 1 saturated heterocycles. The van der Waals surface area contributed by atoms with Crippen molar-refractivity contribution >= 4 is 50.6 Å². The molecule has 1 fully saturated rings. The van der Waals surface area contributed by atoms with E-state index >= 15 is 0 Å². The van der Waals surface area contributed by atoms with Gasteiger partial charge in [-0.25, -0.2) is 18.2 Å². The molecule has 1 aliphatic heterocycles. The first-order valence-corrected chi connectivity index (χ1v) is 8.48. The standard InChI is InChI=1S/C10H10Cl2N2O3S2/c11-9-5-8(10(12)18-9)19(16,17)14-3-1-7(2-4-14)13-6-15/h5,7H,1-4H2. The topological polar surface area (TPSA) is 66.8 Å². The molecule has 0 saturated carbocycles. The third-order valence-corrected chi connectivity index (χ3v) is 6.55. The summed E-state index contributed by atoms with van der Waals surface area (Å²) in [4.78, 5) is 13.8. The van der Waals surface area contributed by atoms with Gasteiger partial charge in [0.25, 0.3) is 0 Å². The van der Waals surface area contributed by atoms with Gasteiger partial charge in [-0.05, 0) is 18.9 Å². The minimum atomic E-state index is -3.62. The van der Waals surface area contributed by atoms with Crippen LogP contribution in [-0.4, -0.2) is 37.9 Å². The summed E-state index contributed by atoms with van der Waals surface area (Å²) >= 11 is 12.7. The van der Waals surface area contributed by atoms with E-state index in [1.165, 1.54) is 16.5 Å². The molecule has 104 valence electrons. The second-order valence-electron chi connectivity index (χ2n) is 4.04. The van der Waals surface area contributed by atoms with Gasteiger partial charge in [-0.15, -0.1) is 11.3 Å². The lowest BCUT2D eigenvalue weighted by atomic mass is 10.1. The number of aliphatic imine (C=N–C) groups is 1. The van der Waals surface area contributed by atoms with Crippen molar-refractivity contribution in [3.05, 3.63) is 14.7 Å². The Balaban J connectivity index is 2.18. The first kappa shape index (κ1) is 15.0. The summed E-state index contributed by atoms with van der Waals surface area (Å²) in [6, 6.07) is 1.21. The Hall–Kier alpha value is -0.430. The molecule has 9 heteroatoms. The van der Waals surface area contributed by atoms with Crippen LogP contribution in [0.1, 0.15) is 12.8 Å². The number of thiophene rings is 1. The third-order valence-electron chi connectivity index (χ3n) is 2.90. The van der Waals surface area contributed by atoms with E-state index in [1.807, 2.05) is 0 Å². The van der Waals surface area contributed by atoms with Crippen LogP contribution in [0.5, 0.6) is 0 Å². The monoisotopic (exact) mass is 340 g/mol. The van der Waals surface area contributed by atoms with E-state index < -0.39 is 10.0 Å². The maximum atomic E-state index is 12.4. The third kappa shape index (κ3) is 3.18. The normalized spacial score (nSPS) is 18.2. The van der Waals surface area contributed by atoms with Crippen molar-refractivity contribution in [3.63, 3.8) is 0 Å². The van der Waals surface area contributed by atoms with Crippen molar-refractivity contribution in [3.8, 4) is 0 Å². The summed E-state index contributed by atoms with van der Waals surface area (Å²) in [5.74, 6) is 0. The second-order valence-corrected chi connectivity index (χ2v) is 8.24. The summed E-state index contributed by atoms with van der Waals surface area (Å²) in [5, 5.41) is 0. The lowest BCUT2D eigenvalue weighted by molar-refractivity contribution is 0.320. The highest BCUT2D eigenvalue weighted by Gasteiger charge is 2.31. The van der Waals surface area contributed by atoms with E-state index in [2.05, 4.69) is 4.99 Å². The van der Waals surface area contributed by atoms with Crippen LogP contribution in [0.3, 0.4) is 0 Å². The number of carbonyl (C=O) groups excluding carboxylic acids is 1. The minimum absolute atomic E-state index is 0.0431. The average molecular weight is 341 g/mol. The van der Waals surface area contributed by atoms with E-state index in [9.17, 15) is 13.2 Å². The van der Waals surface area contributed by atoms with Gasteiger partial charge < -0.3 is 0 Å². The van der Waals surface area contributed by atoms with E-state index in [-0.39, 0.29) is 15.3 Å². The predicted octanol–water partition coefficient (Wildman–Crippen LogP) is 2.54. The van der Waals surface area contributed by atoms with Crippen molar-refractivity contribution in [2.45, 2.75) is 23.8 Å². The second kappa shape index (κ2) is 5.91. The molecule has 0 aromatic carbocycles. The molecule has 0 amide bonds. The van der Waals surface area contributed by atoms with Gasteiger partial charge in [0, 0.05) is 13.1 Å². The Morgan fingerprint density at radius 1 is 1.37 bits per heavy atom. The van der Waals surface area contributed by atoms with Crippen LogP contribution in [0.15, 0.2) is 16.0 Å². The zero-order valence-electron chi connectivity index (χ0n) is 9.67. The van der Waals surface area contributed by atoms with Crippen LogP contribution in [-0.2, 0) is 14.8 Å². The number of hydrogen-bond donors (Lipinski definition) is 0. The van der Waals surface area contributed by atoms with E-state index in [4.69, 9.17) is 23.2 Å². The fraction of sp³-hybridized carbons (Fsp3) is 0.500. The summed E-state index contributed by atoms with van der Waals surface area (Å²) < 4.78 is 26.6. The Labute approximate surface area is 124 Å². The number of halogens is 2. The van der Waals surface area contributed by atoms with E-state index in [1.54, 1.807) is 0 Å². The fourth-order valence-electron chi connectivity index (χ4n) is 1.93. The van der Waals surface area contributed by atoms with Crippen molar-refractivity contribution in [1.82, 2.24) is 4.31 Å². The first-order valence-electron chi connectivity index (χ1n) is 5.47. The molecule has 0 atom stereocenters. The highest BCUT2D eigenvalue weighted by atomic mass is 35.5. The quantitative estimate of drug-likeness (QED) is 0.627. The average Bonchev–Trinajstić information content (AvgIpc) is 2.70. The van der Waals surface area contributed by atoms with Gasteiger partial charge in [-0.1, -0.05) is 23.2 Å². The molecule has 2 heterocycles. The lowest BCUT2D eigenvalue weighted by Gasteiger charge is -2.28. The Morgan fingerprint density at radius 2 is 2.00 bits per heavy atom. The minimum Gasteiger partial charge on any atom is -0.211 e. The molecule has 0 radical (unpaired) electrons. The maximum Gasteiger partial charge on any atom is 0.245 e. The maximum absolute atomic E-state index is 12.4. The summed E-state index contributed by atoms with van der Waals surface area (Å²) in [6.45, 7) is 0.615. The summed E-state index contributed by atoms with van der Waals surface area (Å²) in [6.07, 6.45) is 2.51. The molecule has 0 aliphatic carbocycles. The first-order chi connectivity index (χ1) is 8.95. The lowest BCUT2D eigenvalue weighted by Crippen LogP contribution is -2.39. The molecule has 1 aliphatic rings. The van der Waals surface area contributed by atoms with Gasteiger partial charge in [-0.3, -0.25) is 0 Å². The number of piperidine rings is 1. The summed E-state index contributed by atoms with van der Waals surface area (Å²) in [5.41, 5.74) is 0. The van der Waals surface area contributed by atoms with Crippen LogP contribution in [0.4, 0.5) is 0 Å². The Bertz CT molecular complexity index is 615. The molecule has 0 unspecified atom stereocenters. The molecule has 0 spiro atoms. The van der Waals surface area contributed by atoms with Crippen molar-refractivity contribution in [1.29, 1.82) is 0 Å². The molecule has 0 N–H and O–H groups in total. The van der Waals surface area contributed by atoms with E-state index in [0.717, 1.165) is 11.3 Å². The molecule has 19 heavy (non-hydrogen) atoms. The molecule has 1 aromatic heterocycles. The van der Waals surface area contributed by atoms with Gasteiger partial charge in [-0.2, -0.15) is 4.31 Å². The Kier molecular flexibility index (Phi) is 4.66. The highest BCUT2D eigenvalue weighted by molar-refractivity contribution is 7.89. The molecule has 0 bridgehead atoms. The van der Waals surface area contributed by atoms with E-state index in [0.29, 0.717) is 30.3 Å². The number of rotatable bonds is 3. The largest absolute Gasteiger partial charge is 0.245 e. The number of hydrogen-bond acceptors (Lipinski definition) is 5. The molecule has 5 nitrogen and oxygen atoms in total. The van der Waals surface area contributed by atoms with Crippen molar-refractivity contribution in [2.24, 2.45) is 4.99 Å². The van der Waals surface area contributed by atoms with Crippen LogP contribution < -0.4 is 0 Å². The molecule has 1 aromatic rings. The highest BCUT2D eigenvalue weighted by Crippen LogP contribution is 2.36. The van der Waals surface area contributed by atoms with Crippen molar-refractivity contribution < 1.29 is 13.2 Å². The molecule has 2 rings (SSSR count). The fourth-order valence-corrected chi connectivity index (χ4v) is 5.51. The molecular formula is C10H10Cl2N2O3S2. The van der Waals surface area contributed by atoms with Gasteiger partial charge in [0.15, 0.2) is 0 Å². The Morgan fingerprint density at radius 3 is 2.47 bits per heavy atom. The van der Waals surface area contributed by atoms with Gasteiger partial charge in [0.1, 0.15) is 9.23 Å². The van der Waals surface area contributed by atoms with Crippen molar-refractivity contribution in [2.75, 3.05) is 13.1 Å². The predicted molar refractivity (Wildman–Crippen MR) is 74.2 cm³/mol. The zero-order chi connectivity index (χ0) is 14.0. The van der Waals surface area contributed by atoms with Crippen LogP contribution >= 0.6 is 34.5 Å². The number of nitrogens with zero attached hydrogens (tertiary/aromatic N) is 2. The van der Waals surface area contributed by atoms with Gasteiger partial charge in [0.05, 0.1) is 10.4 Å². The number of sulfonamides is 1. The number of isocyanates is 1. The van der Waals surface area contributed by atoms with Crippen LogP contribution in [0.25, 0.3) is 0 Å². The van der Waals surface area contributed by atoms with Gasteiger partial charge in [0.2, 0.25) is 16.1 Å². The van der Waals surface area contributed by atoms with Crippen LogP contribution in [0, 0.1) is 0 Å². The SMILES string of the molecule is O=C=NC1CCN(S(=O)(=O)c2cc(Cl)sc2Cl)CC1. The smallest absolute Gasteiger partial charge is 0.211 e. The zero-order valence-corrected chi connectivity index (χ0v) is 12.8. The van der Waals surface area contributed by atoms with Gasteiger partial charge >= 0.3 is 0 Å². The summed E-state index contributed by atoms with van der Waals surface area (Å²) in [7, 11) is -3.62. The van der Waals surface area contributed by atoms with Crippen LogP contribution in [0.2, 0.25) is 8.67 Å². The molecular weight excluding hydrogens is 331 g/mol.